The first kappa shape index (κ1) is 14.4. The smallest absolute Gasteiger partial charge is 0.225 e. The fourth-order valence-electron chi connectivity index (χ4n) is 2.73. The number of rotatable bonds is 7. The van der Waals surface area contributed by atoms with Crippen LogP contribution >= 0.6 is 0 Å². The molecule has 3 rings (SSSR count). The molecule has 0 atom stereocenters. The van der Waals surface area contributed by atoms with Crippen LogP contribution in [0.15, 0.2) is 18.2 Å². The first-order chi connectivity index (χ1) is 10.1. The van der Waals surface area contributed by atoms with E-state index in [1.807, 2.05) is 25.1 Å². The number of benzene rings is 1. The van der Waals surface area contributed by atoms with Crippen molar-refractivity contribution < 1.29 is 4.79 Å². The Bertz CT molecular complexity index is 521. The summed E-state index contributed by atoms with van der Waals surface area (Å²) in [4.78, 5) is 14.7. The van der Waals surface area contributed by atoms with Gasteiger partial charge < -0.3 is 11.1 Å². The van der Waals surface area contributed by atoms with Crippen molar-refractivity contribution in [2.24, 2.45) is 5.92 Å². The molecule has 2 aliphatic carbocycles. The van der Waals surface area contributed by atoms with Gasteiger partial charge in [0.15, 0.2) is 0 Å². The van der Waals surface area contributed by atoms with Gasteiger partial charge in [0.2, 0.25) is 5.91 Å². The SMILES string of the molecule is Cc1ccc(N)cc1NC(=O)CCN(CC1CC1)C1CC1. The quantitative estimate of drug-likeness (QED) is 0.758. The molecule has 1 amide bonds. The maximum Gasteiger partial charge on any atom is 0.225 e. The molecule has 2 saturated carbocycles. The van der Waals surface area contributed by atoms with Gasteiger partial charge in [-0.3, -0.25) is 9.69 Å². The highest BCUT2D eigenvalue weighted by Crippen LogP contribution is 2.34. The molecule has 4 nitrogen and oxygen atoms in total. The second-order valence-electron chi connectivity index (χ2n) is 6.54. The highest BCUT2D eigenvalue weighted by Gasteiger charge is 2.33. The first-order valence-corrected chi connectivity index (χ1v) is 8.02. The van der Waals surface area contributed by atoms with Crippen LogP contribution in [0.3, 0.4) is 0 Å². The van der Waals surface area contributed by atoms with E-state index < -0.39 is 0 Å². The molecule has 0 spiro atoms. The maximum absolute atomic E-state index is 12.1. The molecular formula is C17H25N3O. The average molecular weight is 287 g/mol. The van der Waals surface area contributed by atoms with Crippen molar-refractivity contribution in [3.05, 3.63) is 23.8 Å². The lowest BCUT2D eigenvalue weighted by atomic mass is 10.2. The van der Waals surface area contributed by atoms with Gasteiger partial charge in [-0.2, -0.15) is 0 Å². The lowest BCUT2D eigenvalue weighted by molar-refractivity contribution is -0.116. The van der Waals surface area contributed by atoms with Gasteiger partial charge >= 0.3 is 0 Å². The third-order valence-electron chi connectivity index (χ3n) is 4.41. The van der Waals surface area contributed by atoms with Crippen LogP contribution in [0.1, 0.15) is 37.7 Å². The summed E-state index contributed by atoms with van der Waals surface area (Å²) in [6.45, 7) is 4.06. The Morgan fingerprint density at radius 2 is 2.10 bits per heavy atom. The summed E-state index contributed by atoms with van der Waals surface area (Å²) in [6, 6.07) is 6.37. The standard InChI is InChI=1S/C17H25N3O/c1-12-2-5-14(18)10-16(12)19-17(21)8-9-20(15-6-7-15)11-13-3-4-13/h2,5,10,13,15H,3-4,6-9,11,18H2,1H3,(H,19,21). The zero-order valence-electron chi connectivity index (χ0n) is 12.8. The minimum Gasteiger partial charge on any atom is -0.399 e. The van der Waals surface area contributed by atoms with Crippen LogP contribution in [0.4, 0.5) is 11.4 Å². The summed E-state index contributed by atoms with van der Waals surface area (Å²) in [5, 5.41) is 2.99. The number of carbonyl (C=O) groups excluding carboxylic acids is 1. The molecule has 114 valence electrons. The second kappa shape index (κ2) is 6.06. The normalized spacial score (nSPS) is 18.0. The summed E-state index contributed by atoms with van der Waals surface area (Å²) in [5.41, 5.74) is 8.34. The summed E-state index contributed by atoms with van der Waals surface area (Å²) >= 11 is 0. The number of carbonyl (C=O) groups is 1. The molecule has 0 aromatic heterocycles. The third kappa shape index (κ3) is 4.21. The molecule has 0 heterocycles. The zero-order chi connectivity index (χ0) is 14.8. The number of nitrogens with two attached hydrogens (primary N) is 1. The van der Waals surface area contributed by atoms with E-state index in [1.165, 1.54) is 32.2 Å². The fraction of sp³-hybridized carbons (Fsp3) is 0.588. The van der Waals surface area contributed by atoms with Crippen molar-refractivity contribution in [1.29, 1.82) is 0 Å². The van der Waals surface area contributed by atoms with Gasteiger partial charge in [0.1, 0.15) is 0 Å². The van der Waals surface area contributed by atoms with Gasteiger partial charge in [-0.1, -0.05) is 6.07 Å². The molecule has 4 heteroatoms. The van der Waals surface area contributed by atoms with E-state index in [0.717, 1.165) is 29.8 Å². The molecule has 0 unspecified atom stereocenters. The van der Waals surface area contributed by atoms with Crippen molar-refractivity contribution in [2.45, 2.75) is 45.1 Å². The van der Waals surface area contributed by atoms with Crippen LogP contribution in [0.2, 0.25) is 0 Å². The van der Waals surface area contributed by atoms with Crippen molar-refractivity contribution in [3.8, 4) is 0 Å². The molecule has 1 aromatic rings. The van der Waals surface area contributed by atoms with E-state index in [9.17, 15) is 4.79 Å². The monoisotopic (exact) mass is 287 g/mol. The molecule has 3 N–H and O–H groups in total. The van der Waals surface area contributed by atoms with Gasteiger partial charge in [0.05, 0.1) is 0 Å². The summed E-state index contributed by atoms with van der Waals surface area (Å²) in [7, 11) is 0. The number of hydrogen-bond donors (Lipinski definition) is 2. The van der Waals surface area contributed by atoms with Crippen molar-refractivity contribution >= 4 is 17.3 Å². The molecular weight excluding hydrogens is 262 g/mol. The number of hydrogen-bond acceptors (Lipinski definition) is 3. The number of nitrogens with zero attached hydrogens (tertiary/aromatic N) is 1. The number of amides is 1. The number of nitrogens with one attached hydrogen (secondary N) is 1. The van der Waals surface area contributed by atoms with Gasteiger partial charge in [-0.25, -0.2) is 0 Å². The van der Waals surface area contributed by atoms with E-state index in [2.05, 4.69) is 10.2 Å². The Morgan fingerprint density at radius 1 is 1.33 bits per heavy atom. The number of aryl methyl sites for hydroxylation is 1. The summed E-state index contributed by atoms with van der Waals surface area (Å²) in [6.07, 6.45) is 5.93. The van der Waals surface area contributed by atoms with Crippen LogP contribution in [-0.2, 0) is 4.79 Å². The van der Waals surface area contributed by atoms with E-state index in [0.29, 0.717) is 12.1 Å². The molecule has 0 bridgehead atoms. The highest BCUT2D eigenvalue weighted by molar-refractivity contribution is 5.92. The lowest BCUT2D eigenvalue weighted by Crippen LogP contribution is -2.31. The van der Waals surface area contributed by atoms with Crippen molar-refractivity contribution in [3.63, 3.8) is 0 Å². The largest absolute Gasteiger partial charge is 0.399 e. The summed E-state index contributed by atoms with van der Waals surface area (Å²) in [5.74, 6) is 0.981. The molecule has 0 radical (unpaired) electrons. The van der Waals surface area contributed by atoms with Crippen molar-refractivity contribution in [2.75, 3.05) is 24.1 Å². The Hall–Kier alpha value is -1.55. The molecule has 2 aliphatic rings. The van der Waals surface area contributed by atoms with Crippen LogP contribution in [-0.4, -0.2) is 29.9 Å². The number of nitrogen functional groups attached to an aromatic ring is 1. The lowest BCUT2D eigenvalue weighted by Gasteiger charge is -2.21. The molecule has 1 aromatic carbocycles. The predicted octanol–water partition coefficient (Wildman–Crippen LogP) is 2.78. The third-order valence-corrected chi connectivity index (χ3v) is 4.41. The summed E-state index contributed by atoms with van der Waals surface area (Å²) < 4.78 is 0. The minimum absolute atomic E-state index is 0.0881. The van der Waals surface area contributed by atoms with E-state index in [1.54, 1.807) is 0 Å². The maximum atomic E-state index is 12.1. The Balaban J connectivity index is 1.49. The molecule has 21 heavy (non-hydrogen) atoms. The Morgan fingerprint density at radius 3 is 2.76 bits per heavy atom. The topological polar surface area (TPSA) is 58.4 Å². The average Bonchev–Trinajstić information content (AvgIpc) is 3.31. The highest BCUT2D eigenvalue weighted by atomic mass is 16.1. The predicted molar refractivity (Wildman–Crippen MR) is 86.2 cm³/mol. The van der Waals surface area contributed by atoms with Crippen LogP contribution in [0.25, 0.3) is 0 Å². The van der Waals surface area contributed by atoms with Gasteiger partial charge in [0.25, 0.3) is 0 Å². The molecule has 0 saturated heterocycles. The fourth-order valence-corrected chi connectivity index (χ4v) is 2.73. The van der Waals surface area contributed by atoms with Crippen LogP contribution in [0.5, 0.6) is 0 Å². The van der Waals surface area contributed by atoms with E-state index in [4.69, 9.17) is 5.73 Å². The zero-order valence-corrected chi connectivity index (χ0v) is 12.8. The minimum atomic E-state index is 0.0881. The molecule has 0 aliphatic heterocycles. The molecule has 2 fully saturated rings. The van der Waals surface area contributed by atoms with Crippen molar-refractivity contribution in [1.82, 2.24) is 4.90 Å². The number of anilines is 2. The van der Waals surface area contributed by atoms with Crippen LogP contribution in [0, 0.1) is 12.8 Å². The Labute approximate surface area is 126 Å². The first-order valence-electron chi connectivity index (χ1n) is 8.02. The van der Waals surface area contributed by atoms with Crippen LogP contribution < -0.4 is 11.1 Å². The van der Waals surface area contributed by atoms with E-state index >= 15 is 0 Å². The van der Waals surface area contributed by atoms with Gasteiger partial charge in [0, 0.05) is 36.9 Å². The second-order valence-corrected chi connectivity index (χ2v) is 6.54. The Kier molecular flexibility index (Phi) is 4.15. The van der Waals surface area contributed by atoms with Gasteiger partial charge in [-0.15, -0.1) is 0 Å². The van der Waals surface area contributed by atoms with E-state index in [-0.39, 0.29) is 5.91 Å². The van der Waals surface area contributed by atoms with Gasteiger partial charge in [-0.05, 0) is 56.2 Å².